The Balaban J connectivity index is 1.82. The molecule has 0 spiro atoms. The standard InChI is InChI=1S/C17H20ClN5O2/c1-2-7-23-11-12(5-6-14(23)24)20-16(25)15-13(18)10-19-17(21-15)22-8-3-4-9-22/h5-6,10-11H,2-4,7-9H2,1H3,(H,20,25). The Morgan fingerprint density at radius 1 is 1.32 bits per heavy atom. The summed E-state index contributed by atoms with van der Waals surface area (Å²) < 4.78 is 1.56. The van der Waals surface area contributed by atoms with Crippen LogP contribution in [0.4, 0.5) is 11.6 Å². The summed E-state index contributed by atoms with van der Waals surface area (Å²) in [6, 6.07) is 3.01. The second kappa shape index (κ2) is 7.65. The lowest BCUT2D eigenvalue weighted by molar-refractivity contribution is 0.102. The predicted molar refractivity (Wildman–Crippen MR) is 97.4 cm³/mol. The Hall–Kier alpha value is -2.41. The third-order valence-corrected chi connectivity index (χ3v) is 4.32. The Labute approximate surface area is 150 Å². The molecule has 25 heavy (non-hydrogen) atoms. The summed E-state index contributed by atoms with van der Waals surface area (Å²) in [4.78, 5) is 34.9. The number of aromatic nitrogens is 3. The van der Waals surface area contributed by atoms with Gasteiger partial charge in [0.05, 0.1) is 16.9 Å². The van der Waals surface area contributed by atoms with Crippen molar-refractivity contribution in [2.24, 2.45) is 0 Å². The van der Waals surface area contributed by atoms with Crippen molar-refractivity contribution in [3.05, 3.63) is 45.6 Å². The second-order valence-electron chi connectivity index (χ2n) is 5.96. The summed E-state index contributed by atoms with van der Waals surface area (Å²) in [5.74, 6) is 0.0950. The lowest BCUT2D eigenvalue weighted by Crippen LogP contribution is -2.24. The Bertz CT molecular complexity index is 830. The second-order valence-corrected chi connectivity index (χ2v) is 6.37. The highest BCUT2D eigenvalue weighted by atomic mass is 35.5. The van der Waals surface area contributed by atoms with Crippen LogP contribution in [0.1, 0.15) is 36.7 Å². The zero-order valence-electron chi connectivity index (χ0n) is 14.0. The van der Waals surface area contributed by atoms with E-state index in [0.717, 1.165) is 32.4 Å². The van der Waals surface area contributed by atoms with E-state index >= 15 is 0 Å². The Morgan fingerprint density at radius 3 is 2.80 bits per heavy atom. The van der Waals surface area contributed by atoms with E-state index in [1.807, 2.05) is 11.8 Å². The normalized spacial score (nSPS) is 13.9. The smallest absolute Gasteiger partial charge is 0.276 e. The maximum absolute atomic E-state index is 12.6. The summed E-state index contributed by atoms with van der Waals surface area (Å²) in [5, 5.41) is 2.95. The van der Waals surface area contributed by atoms with Crippen LogP contribution in [0.25, 0.3) is 0 Å². The molecule has 132 valence electrons. The molecule has 1 N–H and O–H groups in total. The van der Waals surface area contributed by atoms with Gasteiger partial charge in [-0.3, -0.25) is 9.59 Å². The van der Waals surface area contributed by atoms with E-state index in [1.54, 1.807) is 16.8 Å². The van der Waals surface area contributed by atoms with Gasteiger partial charge in [-0.25, -0.2) is 9.97 Å². The summed E-state index contributed by atoms with van der Waals surface area (Å²) in [7, 11) is 0. The van der Waals surface area contributed by atoms with Crippen LogP contribution in [-0.4, -0.2) is 33.5 Å². The van der Waals surface area contributed by atoms with E-state index in [1.165, 1.54) is 12.3 Å². The van der Waals surface area contributed by atoms with Gasteiger partial charge in [0, 0.05) is 31.9 Å². The molecule has 0 saturated carbocycles. The molecule has 0 unspecified atom stereocenters. The maximum atomic E-state index is 12.6. The first-order chi connectivity index (χ1) is 12.1. The van der Waals surface area contributed by atoms with E-state index in [0.29, 0.717) is 18.2 Å². The molecule has 8 heteroatoms. The van der Waals surface area contributed by atoms with Crippen molar-refractivity contribution < 1.29 is 4.79 Å². The number of halogens is 1. The van der Waals surface area contributed by atoms with E-state index in [2.05, 4.69) is 15.3 Å². The molecule has 1 aliphatic rings. The fourth-order valence-corrected chi connectivity index (χ4v) is 2.97. The summed E-state index contributed by atoms with van der Waals surface area (Å²) in [6.07, 6.45) is 6.09. The number of carbonyl (C=O) groups excluding carboxylic acids is 1. The molecule has 7 nitrogen and oxygen atoms in total. The highest BCUT2D eigenvalue weighted by Gasteiger charge is 2.19. The fraction of sp³-hybridized carbons (Fsp3) is 0.412. The van der Waals surface area contributed by atoms with Gasteiger partial charge in [-0.2, -0.15) is 0 Å². The van der Waals surface area contributed by atoms with Crippen molar-refractivity contribution in [3.8, 4) is 0 Å². The number of rotatable bonds is 5. The van der Waals surface area contributed by atoms with Gasteiger partial charge in [0.1, 0.15) is 0 Å². The van der Waals surface area contributed by atoms with Crippen LogP contribution in [0.3, 0.4) is 0 Å². The van der Waals surface area contributed by atoms with Crippen molar-refractivity contribution in [1.29, 1.82) is 0 Å². The molecule has 2 aromatic rings. The number of amides is 1. The van der Waals surface area contributed by atoms with Crippen LogP contribution >= 0.6 is 11.6 Å². The van der Waals surface area contributed by atoms with Crippen LogP contribution < -0.4 is 15.8 Å². The van der Waals surface area contributed by atoms with Gasteiger partial charge >= 0.3 is 0 Å². The number of nitrogens with zero attached hydrogens (tertiary/aromatic N) is 4. The minimum Gasteiger partial charge on any atom is -0.341 e. The average Bonchev–Trinajstić information content (AvgIpc) is 3.13. The molecule has 0 radical (unpaired) electrons. The number of carbonyl (C=O) groups is 1. The van der Waals surface area contributed by atoms with Gasteiger partial charge in [-0.05, 0) is 25.3 Å². The molecular formula is C17H20ClN5O2. The number of hydrogen-bond donors (Lipinski definition) is 1. The minimum absolute atomic E-state index is 0.101. The molecule has 3 rings (SSSR count). The third kappa shape index (κ3) is 3.99. The van der Waals surface area contributed by atoms with Crippen molar-refractivity contribution >= 4 is 29.1 Å². The van der Waals surface area contributed by atoms with Gasteiger partial charge in [0.15, 0.2) is 5.69 Å². The average molecular weight is 362 g/mol. The quantitative estimate of drug-likeness (QED) is 0.885. The van der Waals surface area contributed by atoms with Crippen LogP contribution in [0.2, 0.25) is 5.02 Å². The van der Waals surface area contributed by atoms with E-state index < -0.39 is 5.91 Å². The lowest BCUT2D eigenvalue weighted by Gasteiger charge is -2.16. The summed E-state index contributed by atoms with van der Waals surface area (Å²) in [6.45, 7) is 4.34. The van der Waals surface area contributed by atoms with Gasteiger partial charge < -0.3 is 14.8 Å². The third-order valence-electron chi connectivity index (χ3n) is 4.04. The Morgan fingerprint density at radius 2 is 2.08 bits per heavy atom. The summed E-state index contributed by atoms with van der Waals surface area (Å²) >= 11 is 6.11. The van der Waals surface area contributed by atoms with E-state index in [4.69, 9.17) is 11.6 Å². The van der Waals surface area contributed by atoms with Crippen molar-refractivity contribution in [3.63, 3.8) is 0 Å². The SMILES string of the molecule is CCCn1cc(NC(=O)c2nc(N3CCCC3)ncc2Cl)ccc1=O. The first-order valence-electron chi connectivity index (χ1n) is 8.38. The molecule has 2 aromatic heterocycles. The van der Waals surface area contributed by atoms with Gasteiger partial charge in [0.25, 0.3) is 11.5 Å². The molecule has 1 fully saturated rings. The van der Waals surface area contributed by atoms with Crippen molar-refractivity contribution in [2.75, 3.05) is 23.3 Å². The molecular weight excluding hydrogens is 342 g/mol. The molecule has 0 atom stereocenters. The Kier molecular flexibility index (Phi) is 5.33. The highest BCUT2D eigenvalue weighted by Crippen LogP contribution is 2.20. The summed E-state index contributed by atoms with van der Waals surface area (Å²) in [5.41, 5.74) is 0.554. The van der Waals surface area contributed by atoms with Gasteiger partial charge in [-0.1, -0.05) is 18.5 Å². The van der Waals surface area contributed by atoms with E-state index in [9.17, 15) is 9.59 Å². The molecule has 1 aliphatic heterocycles. The largest absolute Gasteiger partial charge is 0.341 e. The zero-order valence-corrected chi connectivity index (χ0v) is 14.8. The van der Waals surface area contributed by atoms with Crippen LogP contribution in [0.5, 0.6) is 0 Å². The van der Waals surface area contributed by atoms with Crippen LogP contribution in [-0.2, 0) is 6.54 Å². The van der Waals surface area contributed by atoms with Crippen LogP contribution in [0.15, 0.2) is 29.3 Å². The number of pyridine rings is 1. The van der Waals surface area contributed by atoms with E-state index in [-0.39, 0.29) is 16.3 Å². The number of nitrogens with one attached hydrogen (secondary N) is 1. The zero-order chi connectivity index (χ0) is 17.8. The molecule has 0 aliphatic carbocycles. The lowest BCUT2D eigenvalue weighted by atomic mass is 10.3. The fourth-order valence-electron chi connectivity index (χ4n) is 2.80. The first kappa shape index (κ1) is 17.4. The monoisotopic (exact) mass is 361 g/mol. The molecule has 0 aromatic carbocycles. The van der Waals surface area contributed by atoms with Crippen LogP contribution in [0, 0.1) is 0 Å². The molecule has 0 bridgehead atoms. The van der Waals surface area contributed by atoms with Gasteiger partial charge in [0.2, 0.25) is 5.95 Å². The molecule has 3 heterocycles. The molecule has 1 amide bonds. The first-order valence-corrected chi connectivity index (χ1v) is 8.75. The predicted octanol–water partition coefficient (Wildman–Crippen LogP) is 2.55. The number of hydrogen-bond acceptors (Lipinski definition) is 5. The molecule has 1 saturated heterocycles. The number of anilines is 2. The number of aryl methyl sites for hydroxylation is 1. The highest BCUT2D eigenvalue weighted by molar-refractivity contribution is 6.34. The van der Waals surface area contributed by atoms with Crippen molar-refractivity contribution in [2.45, 2.75) is 32.7 Å². The minimum atomic E-state index is -0.422. The van der Waals surface area contributed by atoms with Crippen molar-refractivity contribution in [1.82, 2.24) is 14.5 Å². The topological polar surface area (TPSA) is 80.1 Å². The maximum Gasteiger partial charge on any atom is 0.276 e. The van der Waals surface area contributed by atoms with Gasteiger partial charge in [-0.15, -0.1) is 0 Å².